The van der Waals surface area contributed by atoms with E-state index in [1.54, 1.807) is 25.1 Å². The lowest BCUT2D eigenvalue weighted by atomic mass is 10.1. The molecule has 0 bridgehead atoms. The van der Waals surface area contributed by atoms with Crippen LogP contribution in [0.15, 0.2) is 54.6 Å². The number of benzene rings is 2. The summed E-state index contributed by atoms with van der Waals surface area (Å²) in [4.78, 5) is 21.0. The number of halogens is 1. The number of anilines is 2. The molecule has 0 unspecified atom stereocenters. The first-order valence-electron chi connectivity index (χ1n) is 8.21. The van der Waals surface area contributed by atoms with E-state index in [9.17, 15) is 4.79 Å². The zero-order chi connectivity index (χ0) is 18.5. The van der Waals surface area contributed by atoms with Crippen molar-refractivity contribution in [2.75, 3.05) is 5.32 Å². The Balaban J connectivity index is 1.71. The number of amides is 1. The first kappa shape index (κ1) is 17.9. The Bertz CT molecular complexity index is 925. The highest BCUT2D eigenvalue weighted by atomic mass is 35.5. The summed E-state index contributed by atoms with van der Waals surface area (Å²) in [6.45, 7) is 4.22. The van der Waals surface area contributed by atoms with Crippen LogP contribution in [-0.2, 0) is 6.54 Å². The fourth-order valence-electron chi connectivity index (χ4n) is 2.52. The van der Waals surface area contributed by atoms with E-state index in [2.05, 4.69) is 20.6 Å². The Morgan fingerprint density at radius 3 is 2.54 bits per heavy atom. The summed E-state index contributed by atoms with van der Waals surface area (Å²) in [6.07, 6.45) is 0. The van der Waals surface area contributed by atoms with Gasteiger partial charge in [0, 0.05) is 23.3 Å². The molecule has 132 valence electrons. The molecule has 0 fully saturated rings. The molecule has 5 nitrogen and oxygen atoms in total. The Morgan fingerprint density at radius 2 is 1.81 bits per heavy atom. The molecule has 0 spiro atoms. The van der Waals surface area contributed by atoms with Gasteiger partial charge in [0.05, 0.1) is 0 Å². The number of carbonyl (C=O) groups excluding carboxylic acids is 1. The van der Waals surface area contributed by atoms with E-state index >= 15 is 0 Å². The molecule has 0 radical (unpaired) electrons. The largest absolute Gasteiger partial charge is 0.347 e. The maximum absolute atomic E-state index is 12.5. The summed E-state index contributed by atoms with van der Waals surface area (Å²) in [5.74, 6) is 0.835. The SMILES string of the molecule is Cc1cccc(CNC(=O)c2cc(Nc3ccc(Cl)cc3)nc(C)n2)c1. The Labute approximate surface area is 157 Å². The second-order valence-corrected chi connectivity index (χ2v) is 6.43. The normalized spacial score (nSPS) is 10.4. The van der Waals surface area contributed by atoms with Crippen LogP contribution in [0.5, 0.6) is 0 Å². The predicted octanol–water partition coefficient (Wildman–Crippen LogP) is 4.42. The van der Waals surface area contributed by atoms with Gasteiger partial charge in [0.1, 0.15) is 17.3 Å². The number of hydrogen-bond donors (Lipinski definition) is 2. The van der Waals surface area contributed by atoms with Crippen LogP contribution in [-0.4, -0.2) is 15.9 Å². The van der Waals surface area contributed by atoms with E-state index in [0.717, 1.165) is 16.8 Å². The molecule has 0 saturated carbocycles. The molecule has 0 aliphatic carbocycles. The summed E-state index contributed by atoms with van der Waals surface area (Å²) < 4.78 is 0. The highest BCUT2D eigenvalue weighted by molar-refractivity contribution is 6.30. The third-order valence-corrected chi connectivity index (χ3v) is 3.97. The van der Waals surface area contributed by atoms with Crippen molar-refractivity contribution in [3.63, 3.8) is 0 Å². The Hall–Kier alpha value is -2.92. The van der Waals surface area contributed by atoms with E-state index in [-0.39, 0.29) is 5.91 Å². The molecule has 2 N–H and O–H groups in total. The molecular weight excluding hydrogens is 348 g/mol. The van der Waals surface area contributed by atoms with E-state index in [0.29, 0.717) is 28.9 Å². The molecule has 26 heavy (non-hydrogen) atoms. The highest BCUT2D eigenvalue weighted by Gasteiger charge is 2.11. The van der Waals surface area contributed by atoms with Crippen LogP contribution in [0.3, 0.4) is 0 Å². The molecule has 1 heterocycles. The summed E-state index contributed by atoms with van der Waals surface area (Å²) in [6, 6.07) is 16.9. The minimum absolute atomic E-state index is 0.240. The third kappa shape index (κ3) is 4.80. The minimum atomic E-state index is -0.240. The number of aromatic nitrogens is 2. The topological polar surface area (TPSA) is 66.9 Å². The van der Waals surface area contributed by atoms with Crippen LogP contribution in [0.4, 0.5) is 11.5 Å². The average Bonchev–Trinajstić information content (AvgIpc) is 2.61. The van der Waals surface area contributed by atoms with Crippen LogP contribution in [0.2, 0.25) is 5.02 Å². The lowest BCUT2D eigenvalue weighted by Gasteiger charge is -2.10. The van der Waals surface area contributed by atoms with Crippen LogP contribution in [0, 0.1) is 13.8 Å². The van der Waals surface area contributed by atoms with Crippen molar-refractivity contribution in [1.29, 1.82) is 0 Å². The standard InChI is InChI=1S/C20H19ClN4O/c1-13-4-3-5-15(10-13)12-22-20(26)18-11-19(24-14(2)23-18)25-17-8-6-16(21)7-9-17/h3-11H,12H2,1-2H3,(H,22,26)(H,23,24,25). The van der Waals surface area contributed by atoms with Crippen molar-refractivity contribution in [2.24, 2.45) is 0 Å². The van der Waals surface area contributed by atoms with Crippen molar-refractivity contribution >= 4 is 29.0 Å². The summed E-state index contributed by atoms with van der Waals surface area (Å²) in [7, 11) is 0. The van der Waals surface area contributed by atoms with Gasteiger partial charge in [-0.05, 0) is 43.7 Å². The lowest BCUT2D eigenvalue weighted by Crippen LogP contribution is -2.24. The Kier molecular flexibility index (Phi) is 5.49. The van der Waals surface area contributed by atoms with Crippen LogP contribution >= 0.6 is 11.6 Å². The second-order valence-electron chi connectivity index (χ2n) is 5.99. The molecule has 6 heteroatoms. The van der Waals surface area contributed by atoms with Gasteiger partial charge in [-0.1, -0.05) is 41.4 Å². The molecule has 2 aromatic carbocycles. The summed E-state index contributed by atoms with van der Waals surface area (Å²) in [5, 5.41) is 6.71. The van der Waals surface area contributed by atoms with Crippen LogP contribution in [0.1, 0.15) is 27.4 Å². The highest BCUT2D eigenvalue weighted by Crippen LogP contribution is 2.18. The fourth-order valence-corrected chi connectivity index (χ4v) is 2.65. The maximum Gasteiger partial charge on any atom is 0.270 e. The Morgan fingerprint density at radius 1 is 1.04 bits per heavy atom. The van der Waals surface area contributed by atoms with Crippen molar-refractivity contribution in [3.05, 3.63) is 82.3 Å². The number of nitrogens with one attached hydrogen (secondary N) is 2. The predicted molar refractivity (Wildman–Crippen MR) is 104 cm³/mol. The first-order chi connectivity index (χ1) is 12.5. The molecule has 0 atom stereocenters. The van der Waals surface area contributed by atoms with Gasteiger partial charge in [0.15, 0.2) is 0 Å². The number of nitrogens with zero attached hydrogens (tertiary/aromatic N) is 2. The van der Waals surface area contributed by atoms with Crippen molar-refractivity contribution < 1.29 is 4.79 Å². The van der Waals surface area contributed by atoms with Gasteiger partial charge in [0.2, 0.25) is 0 Å². The summed E-state index contributed by atoms with van der Waals surface area (Å²) >= 11 is 5.90. The lowest BCUT2D eigenvalue weighted by molar-refractivity contribution is 0.0945. The smallest absolute Gasteiger partial charge is 0.270 e. The van der Waals surface area contributed by atoms with Gasteiger partial charge in [-0.15, -0.1) is 0 Å². The maximum atomic E-state index is 12.5. The van der Waals surface area contributed by atoms with Gasteiger partial charge >= 0.3 is 0 Å². The van der Waals surface area contributed by atoms with Gasteiger partial charge in [-0.25, -0.2) is 9.97 Å². The molecule has 0 aliphatic heterocycles. The quantitative estimate of drug-likeness (QED) is 0.701. The monoisotopic (exact) mass is 366 g/mol. The molecule has 3 rings (SSSR count). The van der Waals surface area contributed by atoms with Gasteiger partial charge in [0.25, 0.3) is 5.91 Å². The van der Waals surface area contributed by atoms with Crippen LogP contribution in [0.25, 0.3) is 0 Å². The second kappa shape index (κ2) is 7.97. The molecule has 0 aliphatic rings. The fraction of sp³-hybridized carbons (Fsp3) is 0.150. The van der Waals surface area contributed by atoms with E-state index in [4.69, 9.17) is 11.6 Å². The molecule has 3 aromatic rings. The molecule has 0 saturated heterocycles. The van der Waals surface area contributed by atoms with Gasteiger partial charge in [-0.3, -0.25) is 4.79 Å². The number of carbonyl (C=O) groups is 1. The number of aryl methyl sites for hydroxylation is 2. The van der Waals surface area contributed by atoms with Gasteiger partial charge in [-0.2, -0.15) is 0 Å². The average molecular weight is 367 g/mol. The van der Waals surface area contributed by atoms with Crippen molar-refractivity contribution in [3.8, 4) is 0 Å². The summed E-state index contributed by atoms with van der Waals surface area (Å²) in [5.41, 5.74) is 3.35. The molecular formula is C20H19ClN4O. The van der Waals surface area contributed by atoms with Crippen molar-refractivity contribution in [1.82, 2.24) is 15.3 Å². The molecule has 1 aromatic heterocycles. The van der Waals surface area contributed by atoms with E-state index < -0.39 is 0 Å². The van der Waals surface area contributed by atoms with E-state index in [1.807, 2.05) is 43.3 Å². The molecule has 1 amide bonds. The zero-order valence-corrected chi connectivity index (χ0v) is 15.3. The van der Waals surface area contributed by atoms with E-state index in [1.165, 1.54) is 0 Å². The first-order valence-corrected chi connectivity index (χ1v) is 8.59. The zero-order valence-electron chi connectivity index (χ0n) is 14.6. The van der Waals surface area contributed by atoms with Crippen molar-refractivity contribution in [2.45, 2.75) is 20.4 Å². The number of rotatable bonds is 5. The third-order valence-electron chi connectivity index (χ3n) is 3.72. The van der Waals surface area contributed by atoms with Crippen LogP contribution < -0.4 is 10.6 Å². The van der Waals surface area contributed by atoms with Gasteiger partial charge < -0.3 is 10.6 Å². The number of hydrogen-bond acceptors (Lipinski definition) is 4. The minimum Gasteiger partial charge on any atom is -0.347 e.